The first-order valence-electron chi connectivity index (χ1n) is 7.54. The van der Waals surface area contributed by atoms with Gasteiger partial charge in [0.05, 0.1) is 0 Å². The van der Waals surface area contributed by atoms with E-state index < -0.39 is 0 Å². The first-order valence-corrected chi connectivity index (χ1v) is 8.33. The average molecular weight is 377 g/mol. The summed E-state index contributed by atoms with van der Waals surface area (Å²) in [6, 6.07) is 12.8. The summed E-state index contributed by atoms with van der Waals surface area (Å²) in [5.74, 6) is 0.147. The molecule has 1 aliphatic heterocycles. The number of halogens is 1. The van der Waals surface area contributed by atoms with Crippen molar-refractivity contribution in [1.29, 1.82) is 0 Å². The van der Waals surface area contributed by atoms with Crippen LogP contribution in [-0.4, -0.2) is 29.8 Å². The number of likely N-dealkylation sites (tertiary alicyclic amines) is 1. The number of hydrogen-bond acceptors (Lipinski definition) is 3. The van der Waals surface area contributed by atoms with Gasteiger partial charge in [0.2, 0.25) is 5.91 Å². The third kappa shape index (κ3) is 3.82. The van der Waals surface area contributed by atoms with Gasteiger partial charge in [0.15, 0.2) is 10.4 Å². The van der Waals surface area contributed by atoms with Gasteiger partial charge in [-0.1, -0.05) is 18.2 Å². The number of nitrogens with one attached hydrogen (secondary N) is 1. The molecule has 0 aliphatic carbocycles. The Labute approximate surface area is 142 Å². The van der Waals surface area contributed by atoms with Crippen LogP contribution in [0.5, 0.6) is 0 Å². The number of hydrogen-bond donors (Lipinski definition) is 1. The van der Waals surface area contributed by atoms with Gasteiger partial charge >= 0.3 is 0 Å². The Bertz CT molecular complexity index is 691. The number of carbonyl (C=O) groups excluding carboxylic acids is 2. The predicted octanol–water partition coefficient (Wildman–Crippen LogP) is 3.53. The summed E-state index contributed by atoms with van der Waals surface area (Å²) in [4.78, 5) is 26.3. The van der Waals surface area contributed by atoms with E-state index in [0.717, 1.165) is 5.69 Å². The van der Waals surface area contributed by atoms with Crippen LogP contribution in [0, 0.1) is 5.92 Å². The SMILES string of the molecule is O=C(Nc1ccccc1)C1CCN(C(=O)c2ccc(Br)o2)CC1. The molecule has 2 aromatic rings. The standard InChI is InChI=1S/C17H17BrN2O3/c18-15-7-6-14(23-15)17(22)20-10-8-12(9-11-20)16(21)19-13-4-2-1-3-5-13/h1-7,12H,8-11H2,(H,19,21). The fourth-order valence-electron chi connectivity index (χ4n) is 2.70. The van der Waals surface area contributed by atoms with Gasteiger partial charge in [-0.05, 0) is 53.0 Å². The van der Waals surface area contributed by atoms with Gasteiger partial charge < -0.3 is 14.6 Å². The lowest BCUT2D eigenvalue weighted by Crippen LogP contribution is -2.41. The first kappa shape index (κ1) is 15.8. The Morgan fingerprint density at radius 1 is 1.09 bits per heavy atom. The van der Waals surface area contributed by atoms with Crippen LogP contribution in [0.3, 0.4) is 0 Å². The monoisotopic (exact) mass is 376 g/mol. The molecule has 0 atom stereocenters. The summed E-state index contributed by atoms with van der Waals surface area (Å²) in [7, 11) is 0. The quantitative estimate of drug-likeness (QED) is 0.890. The highest BCUT2D eigenvalue weighted by molar-refractivity contribution is 9.10. The van der Waals surface area contributed by atoms with Crippen LogP contribution >= 0.6 is 15.9 Å². The van der Waals surface area contributed by atoms with Crippen LogP contribution < -0.4 is 5.32 Å². The van der Waals surface area contributed by atoms with Crippen LogP contribution in [0.25, 0.3) is 0 Å². The second-order valence-electron chi connectivity index (χ2n) is 5.53. The van der Waals surface area contributed by atoms with E-state index in [-0.39, 0.29) is 17.7 Å². The van der Waals surface area contributed by atoms with Gasteiger partial charge in [0.25, 0.3) is 5.91 Å². The van der Waals surface area contributed by atoms with Crippen LogP contribution in [0.1, 0.15) is 23.4 Å². The van der Waals surface area contributed by atoms with E-state index in [1.54, 1.807) is 17.0 Å². The molecular weight excluding hydrogens is 360 g/mol. The molecule has 120 valence electrons. The number of piperidine rings is 1. The van der Waals surface area contributed by atoms with Gasteiger partial charge in [-0.2, -0.15) is 0 Å². The highest BCUT2D eigenvalue weighted by Crippen LogP contribution is 2.22. The molecule has 1 saturated heterocycles. The number of carbonyl (C=O) groups is 2. The largest absolute Gasteiger partial charge is 0.444 e. The van der Waals surface area contributed by atoms with Crippen molar-refractivity contribution in [3.63, 3.8) is 0 Å². The number of amides is 2. The number of rotatable bonds is 3. The summed E-state index contributed by atoms with van der Waals surface area (Å²) in [6.07, 6.45) is 1.32. The van der Waals surface area contributed by atoms with Crippen molar-refractivity contribution in [3.8, 4) is 0 Å². The molecule has 0 radical (unpaired) electrons. The highest BCUT2D eigenvalue weighted by Gasteiger charge is 2.28. The van der Waals surface area contributed by atoms with Crippen molar-refractivity contribution >= 4 is 33.4 Å². The van der Waals surface area contributed by atoms with Gasteiger partial charge in [0, 0.05) is 24.7 Å². The molecular formula is C17H17BrN2O3. The number of nitrogens with zero attached hydrogens (tertiary/aromatic N) is 1. The topological polar surface area (TPSA) is 62.6 Å². The minimum Gasteiger partial charge on any atom is -0.444 e. The molecule has 1 fully saturated rings. The van der Waals surface area contributed by atoms with Crippen LogP contribution in [0.15, 0.2) is 51.6 Å². The number of furan rings is 1. The minimum atomic E-state index is -0.127. The molecule has 6 heteroatoms. The number of para-hydroxylation sites is 1. The van der Waals surface area contributed by atoms with Crippen molar-refractivity contribution in [2.45, 2.75) is 12.8 Å². The Balaban J connectivity index is 1.54. The van der Waals surface area contributed by atoms with Gasteiger partial charge in [-0.25, -0.2) is 0 Å². The van der Waals surface area contributed by atoms with Crippen molar-refractivity contribution in [3.05, 3.63) is 52.9 Å². The fourth-order valence-corrected chi connectivity index (χ4v) is 3.00. The summed E-state index contributed by atoms with van der Waals surface area (Å²) in [6.45, 7) is 1.12. The van der Waals surface area contributed by atoms with Crippen molar-refractivity contribution in [1.82, 2.24) is 4.90 Å². The second-order valence-corrected chi connectivity index (χ2v) is 6.31. The third-order valence-electron chi connectivity index (χ3n) is 3.98. The Kier molecular flexibility index (Phi) is 4.81. The maximum absolute atomic E-state index is 12.3. The zero-order valence-corrected chi connectivity index (χ0v) is 14.1. The normalized spacial score (nSPS) is 15.4. The Morgan fingerprint density at radius 2 is 1.78 bits per heavy atom. The van der Waals surface area contributed by atoms with Crippen molar-refractivity contribution in [2.75, 3.05) is 18.4 Å². The van der Waals surface area contributed by atoms with Crippen LogP contribution in [-0.2, 0) is 4.79 Å². The van der Waals surface area contributed by atoms with Gasteiger partial charge in [0.1, 0.15) is 0 Å². The molecule has 3 rings (SSSR count). The Hall–Kier alpha value is -2.08. The molecule has 5 nitrogen and oxygen atoms in total. The molecule has 23 heavy (non-hydrogen) atoms. The lowest BCUT2D eigenvalue weighted by atomic mass is 9.95. The fraction of sp³-hybridized carbons (Fsp3) is 0.294. The second kappa shape index (κ2) is 7.00. The minimum absolute atomic E-state index is 0.0176. The molecule has 1 N–H and O–H groups in total. The molecule has 0 bridgehead atoms. The average Bonchev–Trinajstić information content (AvgIpc) is 3.02. The molecule has 0 spiro atoms. The zero-order chi connectivity index (χ0) is 16.2. The summed E-state index contributed by atoms with van der Waals surface area (Å²) in [5, 5.41) is 2.92. The highest BCUT2D eigenvalue weighted by atomic mass is 79.9. The molecule has 0 unspecified atom stereocenters. The molecule has 1 aromatic carbocycles. The molecule has 0 saturated carbocycles. The molecule has 2 amide bonds. The van der Waals surface area contributed by atoms with E-state index in [2.05, 4.69) is 21.2 Å². The zero-order valence-electron chi connectivity index (χ0n) is 12.5. The molecule has 1 aliphatic rings. The maximum Gasteiger partial charge on any atom is 0.289 e. The predicted molar refractivity (Wildman–Crippen MR) is 90.1 cm³/mol. The summed E-state index contributed by atoms with van der Waals surface area (Å²) >= 11 is 3.19. The van der Waals surface area contributed by atoms with E-state index in [1.807, 2.05) is 30.3 Å². The summed E-state index contributed by atoms with van der Waals surface area (Å²) in [5.41, 5.74) is 0.802. The van der Waals surface area contributed by atoms with Gasteiger partial charge in [-0.15, -0.1) is 0 Å². The van der Waals surface area contributed by atoms with Crippen LogP contribution in [0.4, 0.5) is 5.69 Å². The maximum atomic E-state index is 12.3. The van der Waals surface area contributed by atoms with E-state index in [0.29, 0.717) is 36.4 Å². The lowest BCUT2D eigenvalue weighted by Gasteiger charge is -2.30. The van der Waals surface area contributed by atoms with Crippen LogP contribution in [0.2, 0.25) is 0 Å². The number of anilines is 1. The lowest BCUT2D eigenvalue weighted by molar-refractivity contribution is -0.121. The van der Waals surface area contributed by atoms with Crippen molar-refractivity contribution < 1.29 is 14.0 Å². The summed E-state index contributed by atoms with van der Waals surface area (Å²) < 4.78 is 5.84. The molecule has 1 aromatic heterocycles. The van der Waals surface area contributed by atoms with Gasteiger partial charge in [-0.3, -0.25) is 9.59 Å². The van der Waals surface area contributed by atoms with E-state index in [9.17, 15) is 9.59 Å². The van der Waals surface area contributed by atoms with E-state index in [1.165, 1.54) is 0 Å². The van der Waals surface area contributed by atoms with Crippen molar-refractivity contribution in [2.24, 2.45) is 5.92 Å². The first-order chi connectivity index (χ1) is 11.1. The Morgan fingerprint density at radius 3 is 2.39 bits per heavy atom. The van der Waals surface area contributed by atoms with E-state index >= 15 is 0 Å². The third-order valence-corrected chi connectivity index (χ3v) is 4.40. The smallest absolute Gasteiger partial charge is 0.289 e. The molecule has 2 heterocycles. The number of benzene rings is 1. The van der Waals surface area contributed by atoms with E-state index in [4.69, 9.17) is 4.42 Å².